The highest BCUT2D eigenvalue weighted by Gasteiger charge is 2.34. The molecule has 4 rings (SSSR count). The van der Waals surface area contributed by atoms with Crippen molar-refractivity contribution in [2.24, 2.45) is 0 Å². The molecular weight excluding hydrogens is 376 g/mol. The Morgan fingerprint density at radius 3 is 2.73 bits per heavy atom. The van der Waals surface area contributed by atoms with Crippen LogP contribution in [0.3, 0.4) is 0 Å². The highest BCUT2D eigenvalue weighted by molar-refractivity contribution is 6.00. The van der Waals surface area contributed by atoms with Crippen molar-refractivity contribution in [3.63, 3.8) is 0 Å². The summed E-state index contributed by atoms with van der Waals surface area (Å²) in [6.45, 7) is 5.27. The fraction of sp³-hybridized carbons (Fsp3) is 0.500. The van der Waals surface area contributed by atoms with E-state index in [9.17, 15) is 9.59 Å². The molecule has 2 aliphatic heterocycles. The van der Waals surface area contributed by atoms with Crippen molar-refractivity contribution in [3.8, 4) is 0 Å². The number of fused-ring (bicyclic) bond motifs is 1. The molecule has 0 N–H and O–H groups in total. The largest absolute Gasteiger partial charge is 0.332 e. The topological polar surface area (TPSA) is 66.4 Å². The van der Waals surface area contributed by atoms with Crippen LogP contribution >= 0.6 is 0 Å². The van der Waals surface area contributed by atoms with Crippen LogP contribution in [0.5, 0.6) is 0 Å². The molecule has 2 amide bonds. The third-order valence-electron chi connectivity index (χ3n) is 6.21. The van der Waals surface area contributed by atoms with E-state index < -0.39 is 0 Å². The lowest BCUT2D eigenvalue weighted by molar-refractivity contribution is -0.135. The molecule has 0 spiro atoms. The minimum absolute atomic E-state index is 0.0860. The van der Waals surface area contributed by atoms with Crippen LogP contribution in [0.4, 0.5) is 5.82 Å². The van der Waals surface area contributed by atoms with E-state index in [-0.39, 0.29) is 17.9 Å². The molecule has 1 aromatic heterocycles. The van der Waals surface area contributed by atoms with Crippen molar-refractivity contribution in [3.05, 3.63) is 53.0 Å². The van der Waals surface area contributed by atoms with Gasteiger partial charge in [0, 0.05) is 30.8 Å². The highest BCUT2D eigenvalue weighted by Crippen LogP contribution is 2.34. The first-order chi connectivity index (χ1) is 14.6. The second kappa shape index (κ2) is 8.94. The number of benzene rings is 1. The molecule has 0 aliphatic carbocycles. The Hall–Kier alpha value is -2.76. The number of amides is 2. The molecule has 0 unspecified atom stereocenters. The van der Waals surface area contributed by atoms with Crippen molar-refractivity contribution in [1.29, 1.82) is 0 Å². The molecule has 2 aromatic rings. The number of rotatable bonds is 6. The summed E-state index contributed by atoms with van der Waals surface area (Å²) in [7, 11) is 0. The molecule has 1 saturated heterocycles. The average molecular weight is 407 g/mol. The Balaban J connectivity index is 1.56. The summed E-state index contributed by atoms with van der Waals surface area (Å²) in [6, 6.07) is 10.3. The van der Waals surface area contributed by atoms with Crippen LogP contribution in [0.1, 0.15) is 67.7 Å². The summed E-state index contributed by atoms with van der Waals surface area (Å²) in [5.74, 6) is 1.69. The number of carbonyl (C=O) groups excluding carboxylic acids is 2. The van der Waals surface area contributed by atoms with E-state index in [0.29, 0.717) is 25.2 Å². The average Bonchev–Trinajstić information content (AvgIpc) is 3.10. The number of piperidine rings is 1. The van der Waals surface area contributed by atoms with E-state index in [4.69, 9.17) is 9.97 Å². The van der Waals surface area contributed by atoms with Gasteiger partial charge in [0.2, 0.25) is 11.8 Å². The summed E-state index contributed by atoms with van der Waals surface area (Å²) < 4.78 is 0. The fourth-order valence-electron chi connectivity index (χ4n) is 4.56. The Bertz CT molecular complexity index is 928. The van der Waals surface area contributed by atoms with Crippen LogP contribution in [-0.4, -0.2) is 39.8 Å². The van der Waals surface area contributed by atoms with Gasteiger partial charge in [-0.1, -0.05) is 37.3 Å². The minimum atomic E-state index is -0.0860. The van der Waals surface area contributed by atoms with E-state index >= 15 is 0 Å². The van der Waals surface area contributed by atoms with Gasteiger partial charge in [0.25, 0.3) is 0 Å². The van der Waals surface area contributed by atoms with E-state index in [2.05, 4.69) is 12.1 Å². The molecule has 1 aromatic carbocycles. The number of hydrogen-bond donors (Lipinski definition) is 0. The van der Waals surface area contributed by atoms with Gasteiger partial charge in [-0.15, -0.1) is 0 Å². The summed E-state index contributed by atoms with van der Waals surface area (Å²) >= 11 is 0. The zero-order valence-electron chi connectivity index (χ0n) is 17.9. The normalized spacial score (nSPS) is 18.6. The highest BCUT2D eigenvalue weighted by atomic mass is 16.2. The number of nitrogens with zero attached hydrogens (tertiary/aromatic N) is 4. The van der Waals surface area contributed by atoms with Gasteiger partial charge in [0.15, 0.2) is 5.82 Å². The second-order valence-corrected chi connectivity index (χ2v) is 8.23. The molecule has 0 saturated carbocycles. The van der Waals surface area contributed by atoms with Gasteiger partial charge in [-0.2, -0.15) is 0 Å². The molecule has 3 heterocycles. The second-order valence-electron chi connectivity index (χ2n) is 8.23. The Morgan fingerprint density at radius 2 is 1.97 bits per heavy atom. The molecule has 1 fully saturated rings. The number of carbonyl (C=O) groups is 2. The summed E-state index contributed by atoms with van der Waals surface area (Å²) in [4.78, 5) is 38.6. The standard InChI is InChI=1S/C24H30N4O2/c1-3-21(29)27-14-8-7-13-20(27)23-25-17(2)19-16-22(30)28(24(19)26-23)15-9-12-18-10-5-4-6-11-18/h4-6,10-11,20H,3,7-9,12-16H2,1-2H3/t20-/m1/s1. The van der Waals surface area contributed by atoms with Crippen LogP contribution < -0.4 is 4.90 Å². The molecule has 158 valence electrons. The first-order valence-corrected chi connectivity index (χ1v) is 11.1. The molecule has 6 heteroatoms. The zero-order chi connectivity index (χ0) is 21.1. The number of aryl methyl sites for hydroxylation is 2. The van der Waals surface area contributed by atoms with Crippen molar-refractivity contribution in [1.82, 2.24) is 14.9 Å². The van der Waals surface area contributed by atoms with Crippen LogP contribution in [0.15, 0.2) is 30.3 Å². The SMILES string of the molecule is CCC(=O)N1CCCC[C@@H]1c1nc(C)c2c(n1)N(CCCc1ccccc1)C(=O)C2. The number of likely N-dealkylation sites (tertiary alicyclic amines) is 1. The smallest absolute Gasteiger partial charge is 0.232 e. The van der Waals surface area contributed by atoms with Gasteiger partial charge in [-0.3, -0.25) is 14.5 Å². The van der Waals surface area contributed by atoms with Crippen LogP contribution in [0.25, 0.3) is 0 Å². The van der Waals surface area contributed by atoms with Crippen molar-refractivity contribution in [2.45, 2.75) is 64.8 Å². The predicted molar refractivity (Wildman–Crippen MR) is 116 cm³/mol. The maximum atomic E-state index is 12.7. The molecule has 1 atom stereocenters. The number of anilines is 1. The lowest BCUT2D eigenvalue weighted by Gasteiger charge is -2.35. The summed E-state index contributed by atoms with van der Waals surface area (Å²) in [5, 5.41) is 0. The van der Waals surface area contributed by atoms with Crippen LogP contribution in [0, 0.1) is 6.92 Å². The maximum Gasteiger partial charge on any atom is 0.232 e. The van der Waals surface area contributed by atoms with Crippen molar-refractivity contribution in [2.75, 3.05) is 18.0 Å². The van der Waals surface area contributed by atoms with Crippen LogP contribution in [0.2, 0.25) is 0 Å². The van der Waals surface area contributed by atoms with Crippen molar-refractivity contribution < 1.29 is 9.59 Å². The predicted octanol–water partition coefficient (Wildman–Crippen LogP) is 3.77. The quantitative estimate of drug-likeness (QED) is 0.732. The van der Waals surface area contributed by atoms with Gasteiger partial charge in [-0.05, 0) is 44.6 Å². The first-order valence-electron chi connectivity index (χ1n) is 11.1. The molecule has 2 aliphatic rings. The lowest BCUT2D eigenvalue weighted by atomic mass is 10.0. The van der Waals surface area contributed by atoms with Crippen LogP contribution in [-0.2, 0) is 22.4 Å². The fourth-order valence-corrected chi connectivity index (χ4v) is 4.56. The first kappa shape index (κ1) is 20.5. The molecule has 0 radical (unpaired) electrons. The lowest BCUT2D eigenvalue weighted by Crippen LogP contribution is -2.39. The monoisotopic (exact) mass is 406 g/mol. The van der Waals surface area contributed by atoms with E-state index in [0.717, 1.165) is 55.7 Å². The van der Waals surface area contributed by atoms with Gasteiger partial charge in [0.1, 0.15) is 5.82 Å². The molecule has 0 bridgehead atoms. The van der Waals surface area contributed by atoms with Gasteiger partial charge >= 0.3 is 0 Å². The molecule has 30 heavy (non-hydrogen) atoms. The van der Waals surface area contributed by atoms with Crippen molar-refractivity contribution >= 4 is 17.6 Å². The third kappa shape index (κ3) is 4.09. The Kier molecular flexibility index (Phi) is 6.11. The molecular formula is C24H30N4O2. The van der Waals surface area contributed by atoms with E-state index in [1.54, 1.807) is 0 Å². The minimum Gasteiger partial charge on any atom is -0.332 e. The number of aromatic nitrogens is 2. The summed E-state index contributed by atoms with van der Waals surface area (Å²) in [6.07, 6.45) is 5.65. The number of hydrogen-bond acceptors (Lipinski definition) is 4. The van der Waals surface area contributed by atoms with Gasteiger partial charge in [-0.25, -0.2) is 9.97 Å². The van der Waals surface area contributed by atoms with E-state index in [1.807, 2.05) is 41.8 Å². The molecule has 6 nitrogen and oxygen atoms in total. The van der Waals surface area contributed by atoms with Gasteiger partial charge < -0.3 is 4.90 Å². The maximum absolute atomic E-state index is 12.7. The van der Waals surface area contributed by atoms with Gasteiger partial charge in [0.05, 0.1) is 12.5 Å². The Labute approximate surface area is 178 Å². The zero-order valence-corrected chi connectivity index (χ0v) is 17.9. The van der Waals surface area contributed by atoms with E-state index in [1.165, 1.54) is 5.56 Å². The third-order valence-corrected chi connectivity index (χ3v) is 6.21. The Morgan fingerprint density at radius 1 is 1.17 bits per heavy atom. The summed E-state index contributed by atoms with van der Waals surface area (Å²) in [5.41, 5.74) is 3.08.